The zero-order valence-electron chi connectivity index (χ0n) is 48.9. The Morgan fingerprint density at radius 2 is 1.17 bits per heavy atom. The minimum Gasteiger partial charge on any atom is -0.508 e. The minimum absolute atomic E-state index is 0.0711. The first-order valence-corrected chi connectivity index (χ1v) is 28.8. The number of phenols is 1. The van der Waals surface area contributed by atoms with E-state index in [1.165, 1.54) is 12.1 Å². The molecule has 5 rings (SSSR count). The van der Waals surface area contributed by atoms with Gasteiger partial charge in [-0.3, -0.25) is 68.3 Å². The van der Waals surface area contributed by atoms with E-state index in [0.717, 1.165) is 5.56 Å². The average Bonchev–Trinajstić information content (AvgIpc) is 3.59. The normalized spacial score (nSPS) is 14.6. The zero-order chi connectivity index (χ0) is 62.9. The topological polar surface area (TPSA) is 379 Å². The number of ether oxygens (including phenoxy) is 1. The number of rotatable bonds is 31. The molecular weight excluding hydrogens is 1130 g/mol. The SMILES string of the molecule is CCC(=O)NCCNC(=O)NC(N)=NCCC[C@@H](NC(=O)[C@@H](c1ccccc1)c1cccc(OCCCCNC(=O)c2ccc(NC(=O)CN3CCN(CC(=O)O)CCN(CC(=O)O)CCN(CC(=O)O)CC3)cc2)c1)C(=O)NCc1ccc(O)cc1. The van der Waals surface area contributed by atoms with Gasteiger partial charge in [-0.1, -0.05) is 61.5 Å². The van der Waals surface area contributed by atoms with Gasteiger partial charge in [0.25, 0.3) is 5.91 Å². The molecule has 13 N–H and O–H groups in total. The van der Waals surface area contributed by atoms with Crippen LogP contribution in [0.5, 0.6) is 11.5 Å². The second kappa shape index (κ2) is 37.3. The van der Waals surface area contributed by atoms with Gasteiger partial charge in [0.2, 0.25) is 23.6 Å². The molecule has 1 aliphatic rings. The summed E-state index contributed by atoms with van der Waals surface area (Å²) in [6, 6.07) is 27.2. The average molecular weight is 1210 g/mol. The van der Waals surface area contributed by atoms with Gasteiger partial charge < -0.3 is 62.8 Å². The van der Waals surface area contributed by atoms with Crippen LogP contribution >= 0.6 is 0 Å². The van der Waals surface area contributed by atoms with Crippen LogP contribution < -0.4 is 47.7 Å². The lowest BCUT2D eigenvalue weighted by atomic mass is 9.90. The highest BCUT2D eigenvalue weighted by atomic mass is 16.5. The molecule has 87 heavy (non-hydrogen) atoms. The fraction of sp³-hybridized carbons (Fsp3) is 0.433. The van der Waals surface area contributed by atoms with Crippen LogP contribution in [0.25, 0.3) is 0 Å². The van der Waals surface area contributed by atoms with E-state index >= 15 is 0 Å². The van der Waals surface area contributed by atoms with Crippen LogP contribution in [0.4, 0.5) is 10.5 Å². The molecule has 0 spiro atoms. The highest BCUT2D eigenvalue weighted by Crippen LogP contribution is 2.28. The number of benzene rings is 4. The molecule has 2 atom stereocenters. The third-order valence-electron chi connectivity index (χ3n) is 13.8. The number of nitrogens with zero attached hydrogens (tertiary/aromatic N) is 5. The summed E-state index contributed by atoms with van der Waals surface area (Å²) in [5.74, 6) is -5.38. The van der Waals surface area contributed by atoms with E-state index in [9.17, 15) is 63.6 Å². The van der Waals surface area contributed by atoms with Gasteiger partial charge in [0.05, 0.1) is 38.7 Å². The summed E-state index contributed by atoms with van der Waals surface area (Å²) in [6.45, 7) is 4.10. The second-order valence-corrected chi connectivity index (χ2v) is 20.6. The number of carbonyl (C=O) groups excluding carboxylic acids is 6. The van der Waals surface area contributed by atoms with Gasteiger partial charge >= 0.3 is 23.9 Å². The molecule has 7 amide bonds. The second-order valence-electron chi connectivity index (χ2n) is 20.6. The van der Waals surface area contributed by atoms with E-state index in [1.54, 1.807) is 82.3 Å². The lowest BCUT2D eigenvalue weighted by Crippen LogP contribution is -2.49. The maximum atomic E-state index is 14.5. The molecule has 0 aliphatic carbocycles. The molecule has 4 aromatic carbocycles. The Bertz CT molecular complexity index is 2890. The number of amides is 7. The molecule has 0 aromatic heterocycles. The van der Waals surface area contributed by atoms with E-state index < -0.39 is 47.7 Å². The zero-order valence-corrected chi connectivity index (χ0v) is 48.9. The standard InChI is InChI=1S/C60H81N13O14/c1-2-50(75)62-25-26-65-60(86)69-59(61)64-24-9-14-49(57(84)66-37-42-15-21-47(74)22-16-42)68-58(85)55(43-10-4-3-5-11-43)45-12-8-13-48(36-45)87-35-7-6-23-63-56(83)44-17-19-46(20-18-44)67-51(76)38-70-27-29-71(39-52(77)78)31-33-73(41-54(81)82)34-32-72(30-28-70)40-53(79)80/h3-5,8,10-13,15-22,36,49,55,74H,2,6-7,9,14,23-35,37-41H2,1H3,(H,62,75)(H,63,83)(H,66,84)(H,67,76)(H,68,85)(H,77,78)(H,79,80)(H,81,82)(H4,61,64,65,69,86)/t49-,55+/m1/s1. The summed E-state index contributed by atoms with van der Waals surface area (Å²) in [6.07, 6.45) is 1.88. The molecule has 1 heterocycles. The van der Waals surface area contributed by atoms with Crippen LogP contribution in [-0.4, -0.2) is 217 Å². The fourth-order valence-corrected chi connectivity index (χ4v) is 9.19. The maximum Gasteiger partial charge on any atom is 0.321 e. The van der Waals surface area contributed by atoms with Crippen molar-refractivity contribution < 1.29 is 68.3 Å². The number of phenolic OH excluding ortho intramolecular Hbond substituents is 1. The molecule has 27 nitrogen and oxygen atoms in total. The van der Waals surface area contributed by atoms with Crippen molar-refractivity contribution in [3.63, 3.8) is 0 Å². The molecule has 0 radical (unpaired) electrons. The molecule has 1 fully saturated rings. The summed E-state index contributed by atoms with van der Waals surface area (Å²) in [5.41, 5.74) is 8.72. The fourth-order valence-electron chi connectivity index (χ4n) is 9.19. The van der Waals surface area contributed by atoms with Crippen LogP contribution in [0.15, 0.2) is 108 Å². The number of guanidine groups is 1. The van der Waals surface area contributed by atoms with Crippen molar-refractivity contribution >= 4 is 65.1 Å². The van der Waals surface area contributed by atoms with E-state index in [4.69, 9.17) is 10.5 Å². The van der Waals surface area contributed by atoms with Crippen molar-refractivity contribution in [2.24, 2.45) is 10.7 Å². The third kappa shape index (κ3) is 26.7. The van der Waals surface area contributed by atoms with E-state index in [1.807, 2.05) is 35.2 Å². The Morgan fingerprint density at radius 3 is 1.76 bits per heavy atom. The predicted octanol–water partition coefficient (Wildman–Crippen LogP) is 1.25. The first-order chi connectivity index (χ1) is 41.8. The van der Waals surface area contributed by atoms with Crippen LogP contribution in [0.2, 0.25) is 0 Å². The Morgan fingerprint density at radius 1 is 0.598 bits per heavy atom. The largest absolute Gasteiger partial charge is 0.508 e. The monoisotopic (exact) mass is 1210 g/mol. The van der Waals surface area contributed by atoms with Crippen molar-refractivity contribution in [2.45, 2.75) is 57.5 Å². The Balaban J connectivity index is 1.12. The van der Waals surface area contributed by atoms with Crippen LogP contribution in [0.3, 0.4) is 0 Å². The van der Waals surface area contributed by atoms with Crippen molar-refractivity contribution in [3.05, 3.63) is 125 Å². The van der Waals surface area contributed by atoms with Gasteiger partial charge in [-0.2, -0.15) is 0 Å². The molecule has 4 aromatic rings. The number of unbranched alkanes of at least 4 members (excludes halogenated alkanes) is 1. The molecule has 470 valence electrons. The summed E-state index contributed by atoms with van der Waals surface area (Å²) >= 11 is 0. The Kier molecular flexibility index (Phi) is 29.4. The van der Waals surface area contributed by atoms with Crippen molar-refractivity contribution in [1.82, 2.24) is 51.5 Å². The molecule has 0 unspecified atom stereocenters. The Hall–Kier alpha value is -9.18. The smallest absolute Gasteiger partial charge is 0.321 e. The first kappa shape index (κ1) is 68.6. The number of urea groups is 1. The molecule has 1 aliphatic heterocycles. The van der Waals surface area contributed by atoms with Crippen LogP contribution in [-0.2, 0) is 40.1 Å². The maximum absolute atomic E-state index is 14.5. The van der Waals surface area contributed by atoms with Gasteiger partial charge in [0, 0.05) is 103 Å². The lowest BCUT2D eigenvalue weighted by Gasteiger charge is -2.32. The van der Waals surface area contributed by atoms with E-state index in [-0.39, 0.29) is 154 Å². The minimum atomic E-state index is -1.05. The van der Waals surface area contributed by atoms with Gasteiger partial charge in [0.1, 0.15) is 17.5 Å². The van der Waals surface area contributed by atoms with Crippen molar-refractivity contribution in [1.29, 1.82) is 0 Å². The number of hydrogen-bond donors (Lipinski definition) is 12. The van der Waals surface area contributed by atoms with Gasteiger partial charge in [-0.15, -0.1) is 0 Å². The summed E-state index contributed by atoms with van der Waals surface area (Å²) in [5, 5.41) is 57.5. The van der Waals surface area contributed by atoms with Crippen molar-refractivity contribution in [3.8, 4) is 11.5 Å². The molecule has 1 saturated heterocycles. The molecule has 27 heteroatoms. The Labute approximate surface area is 505 Å². The summed E-state index contributed by atoms with van der Waals surface area (Å²) in [4.78, 5) is 124. The number of nitrogens with two attached hydrogens (primary N) is 1. The number of anilines is 1. The first-order valence-electron chi connectivity index (χ1n) is 28.8. The number of aromatic hydroxyl groups is 1. The number of carboxylic acid groups (broad SMARTS) is 3. The molecule has 0 saturated carbocycles. The van der Waals surface area contributed by atoms with Gasteiger partial charge in [-0.05, 0) is 90.9 Å². The number of carbonyl (C=O) groups is 9. The molecular formula is C60H81N13O14. The summed E-state index contributed by atoms with van der Waals surface area (Å²) < 4.78 is 6.13. The van der Waals surface area contributed by atoms with Crippen molar-refractivity contribution in [2.75, 3.05) is 117 Å². The lowest BCUT2D eigenvalue weighted by molar-refractivity contribution is -0.140. The number of aliphatic imine (C=N–C) groups is 1. The van der Waals surface area contributed by atoms with Crippen LogP contribution in [0.1, 0.15) is 72.0 Å². The summed E-state index contributed by atoms with van der Waals surface area (Å²) in [7, 11) is 0. The number of hydrogen-bond acceptors (Lipinski definition) is 16. The van der Waals surface area contributed by atoms with Gasteiger partial charge in [-0.25, -0.2) is 4.79 Å². The third-order valence-corrected chi connectivity index (χ3v) is 13.8. The highest BCUT2D eigenvalue weighted by molar-refractivity contribution is 5.97. The quantitative estimate of drug-likeness (QED) is 0.0192. The number of aliphatic carboxylic acids is 3. The van der Waals surface area contributed by atoms with Crippen LogP contribution in [0, 0.1) is 0 Å². The number of carboxylic acids is 3. The van der Waals surface area contributed by atoms with E-state index in [2.05, 4.69) is 42.2 Å². The predicted molar refractivity (Wildman–Crippen MR) is 323 cm³/mol. The molecule has 0 bridgehead atoms. The highest BCUT2D eigenvalue weighted by Gasteiger charge is 2.29. The van der Waals surface area contributed by atoms with E-state index in [0.29, 0.717) is 53.9 Å². The van der Waals surface area contributed by atoms with Gasteiger partial charge in [0.15, 0.2) is 5.96 Å². The number of nitrogens with one attached hydrogen (secondary N) is 7.